The highest BCUT2D eigenvalue weighted by Crippen LogP contribution is 2.43. The molecule has 2 heterocycles. The first-order chi connectivity index (χ1) is 9.20. The highest BCUT2D eigenvalue weighted by molar-refractivity contribution is 5.91. The molecular formula is C12H16N2O5. The first-order valence-electron chi connectivity index (χ1n) is 6.30. The van der Waals surface area contributed by atoms with E-state index >= 15 is 0 Å². The van der Waals surface area contributed by atoms with E-state index in [1.807, 2.05) is 0 Å². The lowest BCUT2D eigenvalue weighted by Gasteiger charge is -2.47. The molecule has 7 heteroatoms. The molecule has 19 heavy (non-hydrogen) atoms. The van der Waals surface area contributed by atoms with Crippen LogP contribution in [0.15, 0.2) is 15.4 Å². The summed E-state index contributed by atoms with van der Waals surface area (Å²) >= 11 is 0. The second-order valence-electron chi connectivity index (χ2n) is 4.98. The molecule has 1 aliphatic carbocycles. The molecule has 1 aliphatic heterocycles. The first kappa shape index (κ1) is 12.4. The Hall–Kier alpha value is -1.60. The van der Waals surface area contributed by atoms with Crippen LogP contribution >= 0.6 is 0 Å². The number of carbonyl (C=O) groups is 1. The molecule has 3 rings (SSSR count). The molecule has 1 aromatic heterocycles. The molecular weight excluding hydrogens is 252 g/mol. The Labute approximate surface area is 109 Å². The van der Waals surface area contributed by atoms with Gasteiger partial charge >= 0.3 is 0 Å². The number of hydrogen-bond donors (Lipinski definition) is 2. The summed E-state index contributed by atoms with van der Waals surface area (Å²) in [6.07, 6.45) is 1.11. The highest BCUT2D eigenvalue weighted by Gasteiger charge is 2.54. The fraction of sp³-hybridized carbons (Fsp3) is 0.667. The van der Waals surface area contributed by atoms with Crippen LogP contribution in [-0.4, -0.2) is 43.5 Å². The van der Waals surface area contributed by atoms with Crippen LogP contribution in [0, 0.1) is 11.8 Å². The maximum absolute atomic E-state index is 12.0. The summed E-state index contributed by atoms with van der Waals surface area (Å²) in [6.45, 7) is 1.27. The van der Waals surface area contributed by atoms with Crippen molar-refractivity contribution in [3.05, 3.63) is 22.2 Å². The Kier molecular flexibility index (Phi) is 3.16. The minimum absolute atomic E-state index is 0.00327. The SMILES string of the molecule is COC[C@@H]1[C@H](NC(=O)c2cc(=O)[nH]o2)[C@@H]2CCO[C@H]12. The topological polar surface area (TPSA) is 93.6 Å². The van der Waals surface area contributed by atoms with E-state index < -0.39 is 5.56 Å². The van der Waals surface area contributed by atoms with Gasteiger partial charge in [-0.2, -0.15) is 5.16 Å². The van der Waals surface area contributed by atoms with Crippen molar-refractivity contribution in [1.29, 1.82) is 0 Å². The zero-order chi connectivity index (χ0) is 13.4. The zero-order valence-electron chi connectivity index (χ0n) is 10.5. The number of methoxy groups -OCH3 is 1. The largest absolute Gasteiger partial charge is 0.384 e. The van der Waals surface area contributed by atoms with Crippen LogP contribution < -0.4 is 10.9 Å². The summed E-state index contributed by atoms with van der Waals surface area (Å²) in [5, 5.41) is 5.00. The van der Waals surface area contributed by atoms with Crippen LogP contribution in [0.5, 0.6) is 0 Å². The third kappa shape index (κ3) is 2.08. The normalized spacial score (nSPS) is 32.7. The van der Waals surface area contributed by atoms with E-state index in [-0.39, 0.29) is 29.7 Å². The lowest BCUT2D eigenvalue weighted by molar-refractivity contribution is -0.0811. The molecule has 0 spiro atoms. The van der Waals surface area contributed by atoms with Crippen molar-refractivity contribution in [1.82, 2.24) is 10.5 Å². The molecule has 104 valence electrons. The fourth-order valence-electron chi connectivity index (χ4n) is 3.05. The van der Waals surface area contributed by atoms with Gasteiger partial charge in [0, 0.05) is 31.6 Å². The van der Waals surface area contributed by atoms with Gasteiger partial charge in [-0.15, -0.1) is 0 Å². The van der Waals surface area contributed by atoms with Crippen molar-refractivity contribution < 1.29 is 18.8 Å². The Morgan fingerprint density at radius 2 is 2.47 bits per heavy atom. The van der Waals surface area contributed by atoms with Gasteiger partial charge in [0.25, 0.3) is 11.5 Å². The third-order valence-electron chi connectivity index (χ3n) is 3.93. The minimum Gasteiger partial charge on any atom is -0.384 e. The van der Waals surface area contributed by atoms with Crippen LogP contribution in [-0.2, 0) is 9.47 Å². The van der Waals surface area contributed by atoms with E-state index in [0.717, 1.165) is 19.1 Å². The number of carbonyl (C=O) groups excluding carboxylic acids is 1. The van der Waals surface area contributed by atoms with Gasteiger partial charge in [0.2, 0.25) is 5.76 Å². The van der Waals surface area contributed by atoms with Crippen LogP contribution in [0.1, 0.15) is 17.0 Å². The van der Waals surface area contributed by atoms with Crippen molar-refractivity contribution >= 4 is 5.91 Å². The molecule has 4 atom stereocenters. The number of ether oxygens (including phenoxy) is 2. The van der Waals surface area contributed by atoms with Gasteiger partial charge < -0.3 is 19.3 Å². The van der Waals surface area contributed by atoms with Crippen molar-refractivity contribution in [2.24, 2.45) is 11.8 Å². The number of fused-ring (bicyclic) bond motifs is 1. The second-order valence-corrected chi connectivity index (χ2v) is 4.98. The molecule has 0 aromatic carbocycles. The molecule has 0 unspecified atom stereocenters. The van der Waals surface area contributed by atoms with E-state index in [9.17, 15) is 9.59 Å². The molecule has 0 radical (unpaired) electrons. The van der Waals surface area contributed by atoms with Crippen LogP contribution in [0.2, 0.25) is 0 Å². The number of H-pyrrole nitrogens is 1. The molecule has 1 saturated carbocycles. The third-order valence-corrected chi connectivity index (χ3v) is 3.93. The van der Waals surface area contributed by atoms with E-state index in [1.54, 1.807) is 7.11 Å². The van der Waals surface area contributed by atoms with Gasteiger partial charge in [-0.1, -0.05) is 0 Å². The number of hydrogen-bond acceptors (Lipinski definition) is 5. The predicted molar refractivity (Wildman–Crippen MR) is 63.8 cm³/mol. The Morgan fingerprint density at radius 3 is 3.16 bits per heavy atom. The summed E-state index contributed by atoms with van der Waals surface area (Å²) in [5.74, 6) is 0.111. The van der Waals surface area contributed by atoms with Crippen molar-refractivity contribution in [2.75, 3.05) is 20.3 Å². The molecule has 1 amide bonds. The number of nitrogens with one attached hydrogen (secondary N) is 2. The summed E-state index contributed by atoms with van der Waals surface area (Å²) in [4.78, 5) is 22.9. The Morgan fingerprint density at radius 1 is 1.63 bits per heavy atom. The number of amides is 1. The predicted octanol–water partition coefficient (Wildman–Crippen LogP) is -0.252. The molecule has 0 bridgehead atoms. The van der Waals surface area contributed by atoms with Gasteiger partial charge in [-0.3, -0.25) is 9.59 Å². The van der Waals surface area contributed by atoms with E-state index in [0.29, 0.717) is 12.5 Å². The number of aromatic nitrogens is 1. The van der Waals surface area contributed by atoms with Gasteiger partial charge in [-0.25, -0.2) is 0 Å². The summed E-state index contributed by atoms with van der Waals surface area (Å²) < 4.78 is 15.6. The molecule has 1 aromatic rings. The van der Waals surface area contributed by atoms with Gasteiger partial charge in [0.05, 0.1) is 18.8 Å². The van der Waals surface area contributed by atoms with Crippen molar-refractivity contribution in [3.8, 4) is 0 Å². The lowest BCUT2D eigenvalue weighted by Crippen LogP contribution is -2.62. The van der Waals surface area contributed by atoms with Gasteiger partial charge in [-0.05, 0) is 6.42 Å². The Balaban J connectivity index is 1.68. The monoisotopic (exact) mass is 268 g/mol. The standard InChI is InChI=1S/C12H16N2O5/c1-17-5-7-10(6-2-3-18-11(6)7)13-12(16)8-4-9(15)14-19-8/h4,6-7,10-11H,2-3,5H2,1H3,(H,13,16)(H,14,15)/t6-,7+,10+,11-/m0/s1. The van der Waals surface area contributed by atoms with Crippen LogP contribution in [0.4, 0.5) is 0 Å². The van der Waals surface area contributed by atoms with Gasteiger partial charge in [0.15, 0.2) is 0 Å². The maximum Gasteiger partial charge on any atom is 0.290 e. The van der Waals surface area contributed by atoms with E-state index in [2.05, 4.69) is 10.5 Å². The summed E-state index contributed by atoms with van der Waals surface area (Å²) in [7, 11) is 1.63. The van der Waals surface area contributed by atoms with Crippen molar-refractivity contribution in [2.45, 2.75) is 18.6 Å². The molecule has 2 N–H and O–H groups in total. The minimum atomic E-state index is -0.422. The molecule has 1 saturated heterocycles. The van der Waals surface area contributed by atoms with E-state index in [1.165, 1.54) is 0 Å². The molecule has 2 fully saturated rings. The highest BCUT2D eigenvalue weighted by atomic mass is 16.5. The smallest absolute Gasteiger partial charge is 0.290 e. The van der Waals surface area contributed by atoms with Crippen LogP contribution in [0.25, 0.3) is 0 Å². The average molecular weight is 268 g/mol. The lowest BCUT2D eigenvalue weighted by atomic mass is 9.67. The number of rotatable bonds is 4. The molecule has 2 aliphatic rings. The molecule has 7 nitrogen and oxygen atoms in total. The Bertz CT molecular complexity index is 522. The number of aromatic amines is 1. The quantitative estimate of drug-likeness (QED) is 0.785. The first-order valence-corrected chi connectivity index (χ1v) is 6.30. The second kappa shape index (κ2) is 4.82. The summed E-state index contributed by atoms with van der Waals surface area (Å²) in [6, 6.07) is 1.15. The van der Waals surface area contributed by atoms with Crippen molar-refractivity contribution in [3.63, 3.8) is 0 Å². The van der Waals surface area contributed by atoms with Gasteiger partial charge in [0.1, 0.15) is 0 Å². The van der Waals surface area contributed by atoms with E-state index in [4.69, 9.17) is 14.0 Å². The maximum atomic E-state index is 12.0. The fourth-order valence-corrected chi connectivity index (χ4v) is 3.05. The summed E-state index contributed by atoms with van der Waals surface area (Å²) in [5.41, 5.74) is -0.422. The van der Waals surface area contributed by atoms with Crippen LogP contribution in [0.3, 0.4) is 0 Å². The zero-order valence-corrected chi connectivity index (χ0v) is 10.5. The average Bonchev–Trinajstić information content (AvgIpc) is 3.00.